The molecule has 1 fully saturated rings. The van der Waals surface area contributed by atoms with Gasteiger partial charge in [0.25, 0.3) is 0 Å². The Morgan fingerprint density at radius 2 is 1.06 bits per heavy atom. The summed E-state index contributed by atoms with van der Waals surface area (Å²) in [5, 5.41) is 26.3. The second kappa shape index (κ2) is 66.4. The van der Waals surface area contributed by atoms with E-state index in [2.05, 4.69) is 165 Å². The van der Waals surface area contributed by atoms with Crippen molar-refractivity contribution in [3.63, 3.8) is 0 Å². The van der Waals surface area contributed by atoms with Gasteiger partial charge in [-0.2, -0.15) is 13.2 Å². The molecule has 2 aliphatic heterocycles. The highest BCUT2D eigenvalue weighted by Crippen LogP contribution is 2.57. The number of aryl methyl sites for hydroxylation is 2. The first-order valence-electron chi connectivity index (χ1n) is 38.8. The molecule has 1 unspecified atom stereocenters. The summed E-state index contributed by atoms with van der Waals surface area (Å²) in [5.74, 6) is 0.625. The van der Waals surface area contributed by atoms with E-state index in [9.17, 15) is 66.2 Å². The van der Waals surface area contributed by atoms with Crippen molar-refractivity contribution in [1.29, 1.82) is 0 Å². The van der Waals surface area contributed by atoms with Gasteiger partial charge in [0.2, 0.25) is 17.7 Å². The quantitative estimate of drug-likeness (QED) is 0.00738. The number of rotatable bonds is 24. The third kappa shape index (κ3) is 41.7. The number of hydrogen-bond acceptors (Lipinski definition) is 16. The number of benzene rings is 7. The van der Waals surface area contributed by atoms with Crippen LogP contribution in [0.2, 0.25) is 0 Å². The molecule has 8 aromatic rings. The predicted molar refractivity (Wildman–Crippen MR) is 510 cm³/mol. The molecular weight excluding hydrogens is 1610 g/mol. The monoisotopic (exact) mass is 1730 g/mol. The molecule has 1 aliphatic carbocycles. The van der Waals surface area contributed by atoms with Gasteiger partial charge in [0.15, 0.2) is 33.8 Å². The number of aromatic hydroxyl groups is 1. The standard InChI is InChI=1S/C27H23N3O5S.C14H9F3O3.C13H11NO.C11H12O.C10H16O.C7H10O2.C5H10N2O.7C2H4/c1-3-24(32)28-10-11-29-26(36)30-16-5-8-19-18(13-16)25(33)35-27(19)20-7-4-15(2)12-22(20)34-23-14-17(31)6-9-21(23)27;1-2-9(18)5-8-3-4-10-11(14(15,16)17)7-13(19)20-12(10)6-8;1-2-13(15)14-12-9-5-7-10-6-3-4-8-11(10)12;1-2-11(12)9-8-10-6-4-3-5-7-10;1-2-10(11)8-9-6-4-3-5-7-9;1-3-7(9)5-4-6(2)8;1-2-5(8)7-4-3-6;7*1-2/h3-9,12-14,31H,1,10-11H2,2H3,(H,28,32)(H2,29,30,36);2-4,6-7H,1,5H2;2-9H,1H2,(H,14,15);2-7H,1,8-9H2;2,9H,1,3-8H2;3H,1,4-5H2,2H3;2H,1,3-4,6H2,(H,7,8);7*1-2H2. The van der Waals surface area contributed by atoms with Gasteiger partial charge in [-0.3, -0.25) is 33.6 Å². The number of carbonyl (C=O) groups excluding carboxylic acids is 9. The van der Waals surface area contributed by atoms with Crippen molar-refractivity contribution in [2.45, 2.75) is 96.3 Å². The number of anilines is 2. The molecule has 1 atom stereocenters. The number of phenols is 1. The first-order valence-corrected chi connectivity index (χ1v) is 39.2. The molecule has 0 bridgehead atoms. The molecule has 24 heteroatoms. The van der Waals surface area contributed by atoms with E-state index in [0.29, 0.717) is 108 Å². The summed E-state index contributed by atoms with van der Waals surface area (Å²) in [7, 11) is 0. The van der Waals surface area contributed by atoms with Gasteiger partial charge in [0, 0.05) is 109 Å². The molecule has 1 saturated carbocycles. The number of ether oxygens (including phenoxy) is 2. The minimum atomic E-state index is -4.65. The number of alkyl halides is 3. The van der Waals surface area contributed by atoms with Crippen LogP contribution in [0.15, 0.2) is 342 Å². The largest absolute Gasteiger partial charge is 0.508 e. The Morgan fingerprint density at radius 3 is 1.62 bits per heavy atom. The van der Waals surface area contributed by atoms with E-state index in [1.807, 2.05) is 110 Å². The fourth-order valence-electron chi connectivity index (χ4n) is 11.3. The average Bonchev–Trinajstić information content (AvgIpc) is 1.60. The maximum atomic E-state index is 13.2. The van der Waals surface area contributed by atoms with Gasteiger partial charge in [-0.1, -0.05) is 175 Å². The molecule has 664 valence electrons. The smallest absolute Gasteiger partial charge is 0.417 e. The van der Waals surface area contributed by atoms with Crippen molar-refractivity contribution in [1.82, 2.24) is 16.0 Å². The highest BCUT2D eigenvalue weighted by molar-refractivity contribution is 7.80. The van der Waals surface area contributed by atoms with Crippen LogP contribution in [-0.2, 0) is 67.7 Å². The minimum Gasteiger partial charge on any atom is -0.508 e. The number of nitrogens with one attached hydrogen (secondary N) is 5. The Balaban J connectivity index is -0.00000144. The fourth-order valence-corrected chi connectivity index (χ4v) is 11.5. The van der Waals surface area contributed by atoms with Gasteiger partial charge in [0.05, 0.1) is 11.1 Å². The molecule has 7 aromatic carbocycles. The zero-order chi connectivity index (χ0) is 95.6. The van der Waals surface area contributed by atoms with Crippen molar-refractivity contribution >= 4 is 103 Å². The number of Topliss-reactive ketones (excluding diaryl/α,β-unsaturated/α-hetero) is 1. The van der Waals surface area contributed by atoms with Gasteiger partial charge in [-0.05, 0) is 145 Å². The third-order valence-electron chi connectivity index (χ3n) is 16.8. The van der Waals surface area contributed by atoms with Gasteiger partial charge in [-0.25, -0.2) is 9.59 Å². The summed E-state index contributed by atoms with van der Waals surface area (Å²) in [6.07, 6.45) is 13.5. The molecule has 1 aromatic heterocycles. The van der Waals surface area contributed by atoms with Crippen LogP contribution in [0.1, 0.15) is 114 Å². The number of nitrogens with two attached hydrogens (primary N) is 1. The first kappa shape index (κ1) is 115. The number of fused-ring (bicyclic) bond motifs is 8. The summed E-state index contributed by atoms with van der Waals surface area (Å²) in [6, 6.07) is 43.8. The van der Waals surface area contributed by atoms with Gasteiger partial charge < -0.3 is 56.1 Å². The van der Waals surface area contributed by atoms with Crippen molar-refractivity contribution < 1.29 is 75.3 Å². The van der Waals surface area contributed by atoms with E-state index in [1.54, 1.807) is 18.2 Å². The second-order valence-corrected chi connectivity index (χ2v) is 25.5. The number of phenolic OH excluding ortho intramolecular Hbond substituents is 1. The molecule has 3 heterocycles. The summed E-state index contributed by atoms with van der Waals surface area (Å²) in [6.45, 7) is 70.8. The van der Waals surface area contributed by atoms with E-state index in [1.165, 1.54) is 105 Å². The van der Waals surface area contributed by atoms with E-state index < -0.39 is 28.9 Å². The summed E-state index contributed by atoms with van der Waals surface area (Å²) in [5.41, 5.74) is 8.01. The number of esters is 1. The predicted octanol–water partition coefficient (Wildman–Crippen LogP) is 21.0. The molecule has 3 aliphatic rings. The van der Waals surface area contributed by atoms with Gasteiger partial charge in [0.1, 0.15) is 28.6 Å². The number of thiocarbonyl (C=S) groups is 1. The molecule has 3 amide bonds. The Bertz CT molecular complexity index is 4860. The van der Waals surface area contributed by atoms with E-state index in [-0.39, 0.29) is 69.8 Å². The lowest BCUT2D eigenvalue weighted by Gasteiger charge is -2.36. The summed E-state index contributed by atoms with van der Waals surface area (Å²) in [4.78, 5) is 111. The average molecular weight is 1730 g/mol. The van der Waals surface area contributed by atoms with Crippen molar-refractivity contribution in [2.75, 3.05) is 36.8 Å². The first-order chi connectivity index (χ1) is 60.1. The van der Waals surface area contributed by atoms with Gasteiger partial charge >= 0.3 is 17.8 Å². The van der Waals surface area contributed by atoms with Crippen LogP contribution in [0, 0.1) is 12.8 Å². The molecule has 125 heavy (non-hydrogen) atoms. The molecule has 0 saturated heterocycles. The summed E-state index contributed by atoms with van der Waals surface area (Å²) >= 11 is 5.34. The van der Waals surface area contributed by atoms with Crippen molar-refractivity contribution in [2.24, 2.45) is 11.7 Å². The zero-order valence-corrected chi connectivity index (χ0v) is 72.7. The van der Waals surface area contributed by atoms with Crippen LogP contribution in [0.3, 0.4) is 0 Å². The molecule has 0 radical (unpaired) electrons. The number of amides is 3. The number of carbonyl (C=O) groups is 9. The van der Waals surface area contributed by atoms with Crippen LogP contribution in [0.25, 0.3) is 21.7 Å². The van der Waals surface area contributed by atoms with Crippen LogP contribution in [0.4, 0.5) is 24.5 Å². The maximum absolute atomic E-state index is 13.2. The van der Waals surface area contributed by atoms with Crippen LogP contribution in [0.5, 0.6) is 17.2 Å². The van der Waals surface area contributed by atoms with Crippen LogP contribution in [-0.4, -0.2) is 89.0 Å². The lowest BCUT2D eigenvalue weighted by Crippen LogP contribution is -2.36. The number of allylic oxidation sites excluding steroid dienone is 4. The Kier molecular flexibility index (Phi) is 60.9. The Morgan fingerprint density at radius 1 is 0.528 bits per heavy atom. The zero-order valence-electron chi connectivity index (χ0n) is 71.9. The second-order valence-electron chi connectivity index (χ2n) is 25.1. The number of hydrogen-bond donors (Lipinski definition) is 7. The van der Waals surface area contributed by atoms with Gasteiger partial charge in [-0.15, -0.1) is 92.1 Å². The van der Waals surface area contributed by atoms with E-state index >= 15 is 0 Å². The van der Waals surface area contributed by atoms with E-state index in [0.717, 1.165) is 40.9 Å². The Labute approximate surface area is 739 Å². The topological polar surface area (TPSA) is 309 Å². The Hall–Kier alpha value is -14.4. The highest BCUT2D eigenvalue weighted by atomic mass is 32.1. The third-order valence-corrected chi connectivity index (χ3v) is 17.1. The highest BCUT2D eigenvalue weighted by Gasteiger charge is 2.53. The number of halogens is 3. The van der Waals surface area contributed by atoms with Crippen LogP contribution < -0.4 is 42.7 Å². The SMILES string of the molecule is C=C.C=C.C=C.C=C.C=C.C=C.C=C.C=CC(=O)CC1CCCCC1.C=CC(=O)CCC(C)=O.C=CC(=O)CCc1ccccc1.C=CC(=O)Cc1ccc2c(C(F)(F)F)cc(=O)oc2c1.C=CC(=O)NCCN.C=CC(=O)NCCNC(=S)Nc1ccc2c(c1)C(=O)OC21c2ccc(C)cc2Oc2cc(O)ccc21.C=CC(=O)Nc1cccc2ccccc12. The van der Waals surface area contributed by atoms with Crippen molar-refractivity contribution in [3.8, 4) is 17.2 Å². The summed E-state index contributed by atoms with van der Waals surface area (Å²) < 4.78 is 55.4. The lowest BCUT2D eigenvalue weighted by molar-refractivity contribution is -0.136. The van der Waals surface area contributed by atoms with E-state index in [4.69, 9.17) is 31.8 Å². The number of ketones is 5. The molecule has 8 N–H and O–H groups in total. The minimum absolute atomic E-state index is 0.0145. The molecule has 20 nitrogen and oxygen atoms in total. The maximum Gasteiger partial charge on any atom is 0.417 e. The van der Waals surface area contributed by atoms with Crippen molar-refractivity contribution in [3.05, 3.63) is 387 Å². The normalized spacial score (nSPS) is 11.8. The lowest BCUT2D eigenvalue weighted by atomic mass is 9.77. The molecule has 11 rings (SSSR count). The molecule has 1 spiro atoms. The fraction of sp³-hybridized carbons (Fsp3) is 0.198. The van der Waals surface area contributed by atoms with Crippen LogP contribution >= 0.6 is 12.2 Å². The molecular formula is C101H119F3N6O14S.